The van der Waals surface area contributed by atoms with Crippen molar-refractivity contribution in [3.8, 4) is 28.7 Å². The normalized spacial score (nSPS) is 10.9. The van der Waals surface area contributed by atoms with Crippen molar-refractivity contribution in [2.24, 2.45) is 0 Å². The van der Waals surface area contributed by atoms with Gasteiger partial charge < -0.3 is 18.6 Å². The average molecular weight is 408 g/mol. The number of rotatable bonds is 7. The van der Waals surface area contributed by atoms with Gasteiger partial charge in [0.25, 0.3) is 5.22 Å². The van der Waals surface area contributed by atoms with Gasteiger partial charge in [-0.25, -0.2) is 0 Å². The molecule has 0 bridgehead atoms. The summed E-state index contributed by atoms with van der Waals surface area (Å²) >= 11 is 1.50. The molecule has 0 aliphatic carbocycles. The number of nitrogens with zero attached hydrogens (tertiary/aromatic N) is 2. The molecule has 0 atom stereocenters. The second kappa shape index (κ2) is 8.45. The Balaban J connectivity index is 1.57. The summed E-state index contributed by atoms with van der Waals surface area (Å²) in [6, 6.07) is 18.2. The molecular weight excluding hydrogens is 388 g/mol. The number of hydrogen-bond donors (Lipinski definition) is 0. The van der Waals surface area contributed by atoms with Gasteiger partial charge in [-0.05, 0) is 28.5 Å². The highest BCUT2D eigenvalue weighted by Crippen LogP contribution is 2.41. The highest BCUT2D eigenvalue weighted by molar-refractivity contribution is 7.98. The monoisotopic (exact) mass is 408 g/mol. The van der Waals surface area contributed by atoms with Gasteiger partial charge in [0, 0.05) is 11.3 Å². The molecule has 3 aromatic carbocycles. The van der Waals surface area contributed by atoms with Crippen LogP contribution in [-0.2, 0) is 5.75 Å². The van der Waals surface area contributed by atoms with Crippen LogP contribution in [0.15, 0.2) is 64.2 Å². The van der Waals surface area contributed by atoms with E-state index < -0.39 is 0 Å². The summed E-state index contributed by atoms with van der Waals surface area (Å²) in [4.78, 5) is 0. The van der Waals surface area contributed by atoms with Crippen LogP contribution in [0.5, 0.6) is 17.2 Å². The molecule has 7 heteroatoms. The second-order valence-corrected chi connectivity index (χ2v) is 7.14. The van der Waals surface area contributed by atoms with E-state index in [-0.39, 0.29) is 0 Å². The molecule has 0 N–H and O–H groups in total. The summed E-state index contributed by atoms with van der Waals surface area (Å²) in [6.07, 6.45) is 0. The van der Waals surface area contributed by atoms with Crippen LogP contribution in [0, 0.1) is 0 Å². The number of fused-ring (bicyclic) bond motifs is 1. The molecule has 0 saturated heterocycles. The smallest absolute Gasteiger partial charge is 0.277 e. The van der Waals surface area contributed by atoms with E-state index in [2.05, 4.69) is 40.5 Å². The number of thioether (sulfide) groups is 1. The van der Waals surface area contributed by atoms with Crippen molar-refractivity contribution in [2.45, 2.75) is 11.0 Å². The minimum Gasteiger partial charge on any atom is -0.493 e. The van der Waals surface area contributed by atoms with E-state index in [1.807, 2.05) is 12.1 Å². The number of methoxy groups -OCH3 is 3. The Morgan fingerprint density at radius 2 is 1.59 bits per heavy atom. The third-order valence-electron chi connectivity index (χ3n) is 4.55. The molecule has 0 saturated carbocycles. The predicted octanol–water partition coefficient (Wildman–Crippen LogP) is 5.21. The van der Waals surface area contributed by atoms with Gasteiger partial charge in [0.1, 0.15) is 0 Å². The molecule has 0 amide bonds. The highest BCUT2D eigenvalue weighted by atomic mass is 32.2. The van der Waals surface area contributed by atoms with Crippen LogP contribution in [0.1, 0.15) is 5.56 Å². The lowest BCUT2D eigenvalue weighted by Crippen LogP contribution is -1.95. The van der Waals surface area contributed by atoms with Crippen molar-refractivity contribution in [1.82, 2.24) is 10.2 Å². The van der Waals surface area contributed by atoms with Crippen molar-refractivity contribution in [3.05, 3.63) is 60.2 Å². The third kappa shape index (κ3) is 3.86. The van der Waals surface area contributed by atoms with Crippen LogP contribution >= 0.6 is 11.8 Å². The standard InChI is InChI=1S/C22H20N2O4S/c1-25-18-11-16(12-19(26-2)20(18)27-3)21-23-24-22(28-21)29-13-15-9-6-8-14-7-4-5-10-17(14)15/h4-12H,13H2,1-3H3. The summed E-state index contributed by atoms with van der Waals surface area (Å²) in [6.45, 7) is 0. The van der Waals surface area contributed by atoms with Gasteiger partial charge in [0.15, 0.2) is 11.5 Å². The minimum absolute atomic E-state index is 0.393. The van der Waals surface area contributed by atoms with E-state index in [9.17, 15) is 0 Å². The van der Waals surface area contributed by atoms with E-state index in [4.69, 9.17) is 18.6 Å². The van der Waals surface area contributed by atoms with Crippen LogP contribution < -0.4 is 14.2 Å². The second-order valence-electron chi connectivity index (χ2n) is 6.21. The molecule has 148 valence electrons. The van der Waals surface area contributed by atoms with Gasteiger partial charge in [-0.1, -0.05) is 54.2 Å². The third-order valence-corrected chi connectivity index (χ3v) is 5.42. The average Bonchev–Trinajstić information content (AvgIpc) is 3.25. The van der Waals surface area contributed by atoms with Crippen LogP contribution in [0.4, 0.5) is 0 Å². The van der Waals surface area contributed by atoms with Gasteiger partial charge >= 0.3 is 0 Å². The molecule has 0 aliphatic heterocycles. The van der Waals surface area contributed by atoms with Crippen LogP contribution in [0.3, 0.4) is 0 Å². The fourth-order valence-electron chi connectivity index (χ4n) is 3.15. The summed E-state index contributed by atoms with van der Waals surface area (Å²) in [5.41, 5.74) is 1.92. The topological polar surface area (TPSA) is 66.6 Å². The molecule has 29 heavy (non-hydrogen) atoms. The van der Waals surface area contributed by atoms with Crippen molar-refractivity contribution in [3.63, 3.8) is 0 Å². The Bertz CT molecular complexity index is 1110. The zero-order valence-electron chi connectivity index (χ0n) is 16.3. The molecule has 1 aromatic heterocycles. The SMILES string of the molecule is COc1cc(-c2nnc(SCc3cccc4ccccc34)o2)cc(OC)c1OC. The van der Waals surface area contributed by atoms with Gasteiger partial charge in [-0.3, -0.25) is 0 Å². The number of ether oxygens (including phenoxy) is 3. The first-order valence-electron chi connectivity index (χ1n) is 8.96. The van der Waals surface area contributed by atoms with Crippen molar-refractivity contribution in [2.75, 3.05) is 21.3 Å². The molecule has 0 aliphatic rings. The number of aromatic nitrogens is 2. The maximum Gasteiger partial charge on any atom is 0.277 e. The van der Waals surface area contributed by atoms with Gasteiger partial charge in [0.2, 0.25) is 11.6 Å². The molecule has 0 radical (unpaired) electrons. The molecular formula is C22H20N2O4S. The van der Waals surface area contributed by atoms with Crippen molar-refractivity contribution in [1.29, 1.82) is 0 Å². The maximum absolute atomic E-state index is 5.86. The van der Waals surface area contributed by atoms with Gasteiger partial charge in [-0.15, -0.1) is 10.2 Å². The van der Waals surface area contributed by atoms with E-state index in [1.165, 1.54) is 28.1 Å². The zero-order valence-corrected chi connectivity index (χ0v) is 17.2. The first-order chi connectivity index (χ1) is 14.2. The quantitative estimate of drug-likeness (QED) is 0.389. The number of hydrogen-bond acceptors (Lipinski definition) is 7. The van der Waals surface area contributed by atoms with Crippen molar-refractivity contribution >= 4 is 22.5 Å². The number of benzene rings is 3. The Morgan fingerprint density at radius 3 is 2.31 bits per heavy atom. The summed E-state index contributed by atoms with van der Waals surface area (Å²) < 4.78 is 22.0. The lowest BCUT2D eigenvalue weighted by Gasteiger charge is -2.12. The molecule has 4 aromatic rings. The van der Waals surface area contributed by atoms with E-state index in [1.54, 1.807) is 33.5 Å². The molecule has 0 unspecified atom stereocenters. The molecule has 1 heterocycles. The predicted molar refractivity (Wildman–Crippen MR) is 113 cm³/mol. The molecule has 4 rings (SSSR count). The fraction of sp³-hybridized carbons (Fsp3) is 0.182. The lowest BCUT2D eigenvalue weighted by atomic mass is 10.1. The Labute approximate surface area is 172 Å². The Hall–Kier alpha value is -3.19. The maximum atomic E-state index is 5.86. The van der Waals surface area contributed by atoms with Crippen LogP contribution in [0.25, 0.3) is 22.2 Å². The highest BCUT2D eigenvalue weighted by Gasteiger charge is 2.17. The van der Waals surface area contributed by atoms with E-state index in [0.717, 1.165) is 5.75 Å². The molecule has 0 fully saturated rings. The van der Waals surface area contributed by atoms with Crippen molar-refractivity contribution < 1.29 is 18.6 Å². The minimum atomic E-state index is 0.393. The first-order valence-corrected chi connectivity index (χ1v) is 9.95. The van der Waals surface area contributed by atoms with E-state index in [0.29, 0.717) is 33.9 Å². The van der Waals surface area contributed by atoms with E-state index >= 15 is 0 Å². The zero-order chi connectivity index (χ0) is 20.2. The largest absolute Gasteiger partial charge is 0.493 e. The molecule has 6 nitrogen and oxygen atoms in total. The first kappa shape index (κ1) is 19.1. The Kier molecular flexibility index (Phi) is 5.57. The van der Waals surface area contributed by atoms with Crippen LogP contribution in [0.2, 0.25) is 0 Å². The summed E-state index contributed by atoms with van der Waals surface area (Å²) in [5, 5.41) is 11.3. The Morgan fingerprint density at radius 1 is 0.862 bits per heavy atom. The lowest BCUT2D eigenvalue weighted by molar-refractivity contribution is 0.324. The fourth-order valence-corrected chi connectivity index (χ4v) is 3.91. The summed E-state index contributed by atoms with van der Waals surface area (Å²) in [5.74, 6) is 2.71. The van der Waals surface area contributed by atoms with Gasteiger partial charge in [0.05, 0.1) is 21.3 Å². The summed E-state index contributed by atoms with van der Waals surface area (Å²) in [7, 11) is 4.70. The van der Waals surface area contributed by atoms with Gasteiger partial charge in [-0.2, -0.15) is 0 Å². The van der Waals surface area contributed by atoms with Crippen LogP contribution in [-0.4, -0.2) is 31.5 Å². The molecule has 0 spiro atoms.